The molecule has 0 fully saturated rings. The van der Waals surface area contributed by atoms with E-state index in [0.29, 0.717) is 12.2 Å². The number of carbonyl (C=O) groups is 3. The molecule has 1 heterocycles. The molecule has 1 atom stereocenters. The van der Waals surface area contributed by atoms with Gasteiger partial charge in [0.25, 0.3) is 0 Å². The normalized spacial score (nSPS) is 12.2. The van der Waals surface area contributed by atoms with Crippen molar-refractivity contribution in [2.45, 2.75) is 12.8 Å². The lowest BCUT2D eigenvalue weighted by Gasteiger charge is -2.24. The van der Waals surface area contributed by atoms with Crippen molar-refractivity contribution < 1.29 is 23.9 Å². The molecule has 1 aromatic heterocycles. The van der Waals surface area contributed by atoms with Gasteiger partial charge in [0.15, 0.2) is 6.29 Å². The number of H-pyrrole nitrogens is 1. The molecule has 0 amide bonds. The zero-order valence-electron chi connectivity index (χ0n) is 14.3. The van der Waals surface area contributed by atoms with Crippen LogP contribution in [0.5, 0.6) is 0 Å². The van der Waals surface area contributed by atoms with Gasteiger partial charge in [-0.1, -0.05) is 19.6 Å². The minimum atomic E-state index is -0.648. The maximum absolute atomic E-state index is 11.9. The Morgan fingerprint density at radius 2 is 2.04 bits per heavy atom. The highest BCUT2D eigenvalue weighted by molar-refractivity contribution is 5.95. The van der Waals surface area contributed by atoms with Crippen LogP contribution < -0.4 is 0 Å². The number of nitrogens with zero attached hydrogens (tertiary/aromatic N) is 1. The number of nitrogens with one attached hydrogen (secondary N) is 1. The predicted molar refractivity (Wildman–Crippen MR) is 89.4 cm³/mol. The number of ether oxygens (including phenoxy) is 2. The molecule has 1 rings (SSSR count). The number of esters is 2. The molecule has 1 N–H and O–H groups in total. The van der Waals surface area contributed by atoms with Crippen molar-refractivity contribution in [1.82, 2.24) is 9.88 Å². The van der Waals surface area contributed by atoms with Gasteiger partial charge in [-0.15, -0.1) is 0 Å². The molecule has 0 saturated carbocycles. The Hall–Kier alpha value is -2.83. The summed E-state index contributed by atoms with van der Waals surface area (Å²) in [7, 11) is 4.13. The van der Waals surface area contributed by atoms with Crippen LogP contribution in [0.15, 0.2) is 24.4 Å². The van der Waals surface area contributed by atoms with E-state index in [0.717, 1.165) is 23.6 Å². The largest absolute Gasteiger partial charge is 0.466 e. The lowest BCUT2D eigenvalue weighted by molar-refractivity contribution is -0.139. The fourth-order valence-electron chi connectivity index (χ4n) is 2.35. The van der Waals surface area contributed by atoms with Gasteiger partial charge in [0.05, 0.1) is 26.0 Å². The minimum absolute atomic E-state index is 0.0672. The third kappa shape index (κ3) is 4.58. The fraction of sp³-hybridized carbons (Fsp3) is 0.353. The summed E-state index contributed by atoms with van der Waals surface area (Å²) in [5, 5.41) is 0. The van der Waals surface area contributed by atoms with Crippen LogP contribution >= 0.6 is 0 Å². The zero-order chi connectivity index (χ0) is 18.3. The van der Waals surface area contributed by atoms with Crippen molar-refractivity contribution in [2.75, 3.05) is 27.8 Å². The third-order valence-electron chi connectivity index (χ3n) is 3.55. The Morgan fingerprint density at radius 1 is 1.38 bits per heavy atom. The maximum atomic E-state index is 11.9. The predicted octanol–water partition coefficient (Wildman–Crippen LogP) is 1.74. The van der Waals surface area contributed by atoms with Gasteiger partial charge in [0.2, 0.25) is 0 Å². The average Bonchev–Trinajstić information content (AvgIpc) is 3.02. The molecular formula is C17H22N2O5. The number of likely N-dealkylation sites (N-methyl/N-ethyl adjacent to an activating group) is 1. The molecule has 1 unspecified atom stereocenters. The highest BCUT2D eigenvalue weighted by atomic mass is 16.5. The van der Waals surface area contributed by atoms with Crippen LogP contribution in [0.2, 0.25) is 0 Å². The van der Waals surface area contributed by atoms with Gasteiger partial charge in [0.1, 0.15) is 5.70 Å². The Morgan fingerprint density at radius 3 is 2.54 bits per heavy atom. The fourth-order valence-corrected chi connectivity index (χ4v) is 2.35. The van der Waals surface area contributed by atoms with Crippen LogP contribution in [0.1, 0.15) is 34.6 Å². The molecular weight excluding hydrogens is 312 g/mol. The molecule has 0 aliphatic rings. The van der Waals surface area contributed by atoms with E-state index in [4.69, 9.17) is 4.74 Å². The van der Waals surface area contributed by atoms with Crippen LogP contribution in [0, 0.1) is 0 Å². The average molecular weight is 334 g/mol. The molecule has 0 aliphatic heterocycles. The summed E-state index contributed by atoms with van der Waals surface area (Å²) in [6, 6.07) is 1.71. The summed E-state index contributed by atoms with van der Waals surface area (Å²) in [5.74, 6) is -1.36. The third-order valence-corrected chi connectivity index (χ3v) is 3.55. The molecule has 0 spiro atoms. The maximum Gasteiger partial charge on any atom is 0.354 e. The van der Waals surface area contributed by atoms with Gasteiger partial charge < -0.3 is 19.4 Å². The van der Waals surface area contributed by atoms with Gasteiger partial charge in [-0.05, 0) is 11.6 Å². The Bertz CT molecular complexity index is 660. The first-order chi connectivity index (χ1) is 11.4. The van der Waals surface area contributed by atoms with Gasteiger partial charge in [0, 0.05) is 25.2 Å². The number of rotatable bonds is 8. The summed E-state index contributed by atoms with van der Waals surface area (Å²) >= 11 is 0. The second-order valence-corrected chi connectivity index (χ2v) is 5.24. The van der Waals surface area contributed by atoms with Gasteiger partial charge in [-0.2, -0.15) is 0 Å². The van der Waals surface area contributed by atoms with Gasteiger partial charge >= 0.3 is 11.9 Å². The number of aromatic amines is 1. The molecule has 24 heavy (non-hydrogen) atoms. The summed E-state index contributed by atoms with van der Waals surface area (Å²) < 4.78 is 9.27. The van der Waals surface area contributed by atoms with Gasteiger partial charge in [-0.3, -0.25) is 4.79 Å². The first-order valence-electron chi connectivity index (χ1n) is 7.27. The number of aldehydes is 1. The molecule has 7 heteroatoms. The molecule has 0 saturated heterocycles. The topological polar surface area (TPSA) is 88.7 Å². The highest BCUT2D eigenvalue weighted by Gasteiger charge is 2.21. The zero-order valence-corrected chi connectivity index (χ0v) is 14.3. The molecule has 0 radical (unpaired) electrons. The van der Waals surface area contributed by atoms with E-state index in [1.165, 1.54) is 14.2 Å². The molecule has 0 bridgehead atoms. The minimum Gasteiger partial charge on any atom is -0.466 e. The number of hydrogen-bond donors (Lipinski definition) is 1. The molecule has 130 valence electrons. The van der Waals surface area contributed by atoms with Crippen molar-refractivity contribution in [3.8, 4) is 0 Å². The van der Waals surface area contributed by atoms with Crippen molar-refractivity contribution in [3.63, 3.8) is 0 Å². The van der Waals surface area contributed by atoms with Crippen LogP contribution in [0.25, 0.3) is 6.08 Å². The summed E-state index contributed by atoms with van der Waals surface area (Å²) in [4.78, 5) is 38.9. The van der Waals surface area contributed by atoms with Crippen molar-refractivity contribution >= 4 is 24.3 Å². The second kappa shape index (κ2) is 8.71. The smallest absolute Gasteiger partial charge is 0.354 e. The molecule has 1 aromatic rings. The summed E-state index contributed by atoms with van der Waals surface area (Å²) in [6.45, 7) is 6.06. The first kappa shape index (κ1) is 19.2. The van der Waals surface area contributed by atoms with Crippen molar-refractivity contribution in [3.05, 3.63) is 41.4 Å². The van der Waals surface area contributed by atoms with E-state index in [1.807, 2.05) is 6.92 Å². The van der Waals surface area contributed by atoms with Crippen molar-refractivity contribution in [2.24, 2.45) is 0 Å². The van der Waals surface area contributed by atoms with E-state index in [2.05, 4.69) is 16.3 Å². The number of carbonyl (C=O) groups excluding carboxylic acids is 3. The number of aromatic nitrogens is 1. The van der Waals surface area contributed by atoms with Crippen LogP contribution in [-0.2, 0) is 19.1 Å². The van der Waals surface area contributed by atoms with E-state index in [9.17, 15) is 14.4 Å². The lowest BCUT2D eigenvalue weighted by atomic mass is 10.0. The Labute approximate surface area is 140 Å². The van der Waals surface area contributed by atoms with Crippen LogP contribution in [-0.4, -0.2) is 55.9 Å². The number of hydrogen-bond acceptors (Lipinski definition) is 6. The molecule has 0 aliphatic carbocycles. The second-order valence-electron chi connectivity index (χ2n) is 5.24. The van der Waals surface area contributed by atoms with Crippen LogP contribution in [0.3, 0.4) is 0 Å². The Balaban J connectivity index is 3.03. The number of methoxy groups -OCH3 is 2. The van der Waals surface area contributed by atoms with Crippen molar-refractivity contribution in [1.29, 1.82) is 0 Å². The monoisotopic (exact) mass is 334 g/mol. The quantitative estimate of drug-likeness (QED) is 0.442. The van der Waals surface area contributed by atoms with E-state index < -0.39 is 11.9 Å². The van der Waals surface area contributed by atoms with Gasteiger partial charge in [-0.25, -0.2) is 9.59 Å². The Kier molecular flexibility index (Phi) is 6.98. The first-order valence-corrected chi connectivity index (χ1v) is 7.27. The highest BCUT2D eigenvalue weighted by Crippen LogP contribution is 2.23. The SMILES string of the molecule is C=Cc1cc(C=O)[nH]c1C(C)CN(C)/C(=C/C(=O)OC)C(=O)OC. The van der Waals surface area contributed by atoms with E-state index in [-0.39, 0.29) is 11.6 Å². The lowest BCUT2D eigenvalue weighted by Crippen LogP contribution is -2.29. The molecule has 0 aromatic carbocycles. The summed E-state index contributed by atoms with van der Waals surface area (Å²) in [6.07, 6.45) is 3.46. The summed E-state index contributed by atoms with van der Waals surface area (Å²) in [5.41, 5.74) is 2.17. The van der Waals surface area contributed by atoms with E-state index >= 15 is 0 Å². The van der Waals surface area contributed by atoms with E-state index in [1.54, 1.807) is 24.1 Å². The van der Waals surface area contributed by atoms with Crippen LogP contribution in [0.4, 0.5) is 0 Å². The molecule has 7 nitrogen and oxygen atoms in total. The standard InChI is InChI=1S/C17H22N2O5/c1-6-12-7-13(10-20)18-16(12)11(2)9-19(3)14(17(22)24-5)8-15(21)23-4/h6-8,10-11,18H,1,9H2,2-5H3/b14-8+.